The lowest BCUT2D eigenvalue weighted by atomic mass is 10.2. The Balaban J connectivity index is 0.00000289. The number of halogens is 1. The van der Waals surface area contributed by atoms with Crippen molar-refractivity contribution in [2.75, 3.05) is 16.8 Å². The summed E-state index contributed by atoms with van der Waals surface area (Å²) in [6.45, 7) is 4.07. The van der Waals surface area contributed by atoms with Gasteiger partial charge in [-0.15, -0.1) is 24.2 Å². The number of carbonyl (C=O) groups is 1. The van der Waals surface area contributed by atoms with Crippen LogP contribution in [0.1, 0.15) is 26.7 Å². The van der Waals surface area contributed by atoms with Crippen molar-refractivity contribution >= 4 is 41.5 Å². The molecular weight excluding hydrogens is 268 g/mol. The molecule has 0 bridgehead atoms. The number of amides is 1. The van der Waals surface area contributed by atoms with Gasteiger partial charge in [0.15, 0.2) is 0 Å². The molecule has 1 amide bonds. The van der Waals surface area contributed by atoms with Crippen LogP contribution in [0, 0.1) is 0 Å². The Morgan fingerprint density at radius 3 is 2.72 bits per heavy atom. The summed E-state index contributed by atoms with van der Waals surface area (Å²) in [6.07, 6.45) is 2.31. The van der Waals surface area contributed by atoms with E-state index in [9.17, 15) is 4.79 Å². The standard InChI is InChI=1S/C13H20N2OS.ClH/c1-3-4-9-17-10(2)13(16)15-12-8-6-5-7-11(12)14;/h5-8,10H,3-4,9,14H2,1-2H3,(H,15,16);1H. The summed E-state index contributed by atoms with van der Waals surface area (Å²) in [4.78, 5) is 11.9. The van der Waals surface area contributed by atoms with Crippen molar-refractivity contribution in [2.24, 2.45) is 0 Å². The third kappa shape index (κ3) is 5.65. The van der Waals surface area contributed by atoms with Gasteiger partial charge in [0.05, 0.1) is 16.6 Å². The smallest absolute Gasteiger partial charge is 0.237 e. The number of hydrogen-bond acceptors (Lipinski definition) is 3. The Bertz CT molecular complexity index is 374. The average Bonchev–Trinajstić information content (AvgIpc) is 2.32. The summed E-state index contributed by atoms with van der Waals surface area (Å²) in [5.74, 6) is 1.04. The van der Waals surface area contributed by atoms with Gasteiger partial charge in [-0.05, 0) is 31.2 Å². The minimum atomic E-state index is -0.0406. The number of nitrogen functional groups attached to an aromatic ring is 1. The highest BCUT2D eigenvalue weighted by Crippen LogP contribution is 2.19. The molecule has 0 saturated heterocycles. The predicted octanol–water partition coefficient (Wildman–Crippen LogP) is 3.55. The fourth-order valence-corrected chi connectivity index (χ4v) is 2.34. The second kappa shape index (κ2) is 9.11. The van der Waals surface area contributed by atoms with E-state index in [0.717, 1.165) is 18.6 Å². The van der Waals surface area contributed by atoms with E-state index in [4.69, 9.17) is 5.73 Å². The molecule has 1 aromatic rings. The first-order valence-electron chi connectivity index (χ1n) is 5.92. The topological polar surface area (TPSA) is 55.1 Å². The quantitative estimate of drug-likeness (QED) is 0.622. The van der Waals surface area contributed by atoms with Crippen LogP contribution < -0.4 is 11.1 Å². The highest BCUT2D eigenvalue weighted by molar-refractivity contribution is 8.00. The molecule has 0 spiro atoms. The predicted molar refractivity (Wildman–Crippen MR) is 83.6 cm³/mol. The molecule has 0 fully saturated rings. The number of para-hydroxylation sites is 2. The normalized spacial score (nSPS) is 11.4. The van der Waals surface area contributed by atoms with Gasteiger partial charge in [0.25, 0.3) is 0 Å². The molecule has 0 aliphatic rings. The van der Waals surface area contributed by atoms with E-state index < -0.39 is 0 Å². The van der Waals surface area contributed by atoms with E-state index in [2.05, 4.69) is 12.2 Å². The van der Waals surface area contributed by atoms with Crippen LogP contribution in [0.25, 0.3) is 0 Å². The van der Waals surface area contributed by atoms with Gasteiger partial charge in [-0.1, -0.05) is 25.5 Å². The number of nitrogens with two attached hydrogens (primary N) is 1. The number of anilines is 2. The van der Waals surface area contributed by atoms with Crippen LogP contribution in [-0.4, -0.2) is 16.9 Å². The Morgan fingerprint density at radius 2 is 2.11 bits per heavy atom. The molecule has 0 aromatic heterocycles. The zero-order valence-corrected chi connectivity index (χ0v) is 12.4. The molecular formula is C13H21ClN2OS. The van der Waals surface area contributed by atoms with Gasteiger partial charge >= 0.3 is 0 Å². The molecule has 1 aromatic carbocycles. The van der Waals surface area contributed by atoms with Gasteiger partial charge in [0.2, 0.25) is 5.91 Å². The molecule has 1 rings (SSSR count). The highest BCUT2D eigenvalue weighted by atomic mass is 35.5. The summed E-state index contributed by atoms with van der Waals surface area (Å²) in [5, 5.41) is 2.81. The number of benzene rings is 1. The first-order valence-corrected chi connectivity index (χ1v) is 6.97. The van der Waals surface area contributed by atoms with E-state index in [1.54, 1.807) is 17.8 Å². The Hall–Kier alpha value is -0.870. The summed E-state index contributed by atoms with van der Waals surface area (Å²) < 4.78 is 0. The molecule has 0 heterocycles. The van der Waals surface area contributed by atoms with Crippen LogP contribution in [0.3, 0.4) is 0 Å². The van der Waals surface area contributed by atoms with E-state index in [1.807, 2.05) is 25.1 Å². The molecule has 0 radical (unpaired) electrons. The van der Waals surface area contributed by atoms with Gasteiger partial charge < -0.3 is 11.1 Å². The Kier molecular flexibility index (Phi) is 8.67. The molecule has 18 heavy (non-hydrogen) atoms. The first kappa shape index (κ1) is 17.1. The molecule has 1 unspecified atom stereocenters. The second-order valence-corrected chi connectivity index (χ2v) is 5.39. The van der Waals surface area contributed by atoms with Crippen molar-refractivity contribution in [3.63, 3.8) is 0 Å². The molecule has 0 aliphatic carbocycles. The zero-order valence-electron chi connectivity index (χ0n) is 10.8. The number of carbonyl (C=O) groups excluding carboxylic acids is 1. The van der Waals surface area contributed by atoms with Gasteiger partial charge in [0.1, 0.15) is 0 Å². The van der Waals surface area contributed by atoms with Crippen LogP contribution in [0.4, 0.5) is 11.4 Å². The number of nitrogens with one attached hydrogen (secondary N) is 1. The lowest BCUT2D eigenvalue weighted by Gasteiger charge is -2.12. The molecule has 0 aliphatic heterocycles. The monoisotopic (exact) mass is 288 g/mol. The van der Waals surface area contributed by atoms with Crippen LogP contribution in [-0.2, 0) is 4.79 Å². The summed E-state index contributed by atoms with van der Waals surface area (Å²) >= 11 is 1.68. The molecule has 102 valence electrons. The fourth-order valence-electron chi connectivity index (χ4n) is 1.33. The van der Waals surface area contributed by atoms with Crippen LogP contribution >= 0.6 is 24.2 Å². The maximum atomic E-state index is 11.9. The number of rotatable bonds is 6. The van der Waals surface area contributed by atoms with Crippen molar-refractivity contribution in [3.05, 3.63) is 24.3 Å². The summed E-state index contributed by atoms with van der Waals surface area (Å²) in [6, 6.07) is 7.31. The number of unbranched alkanes of at least 4 members (excludes halogenated alkanes) is 1. The van der Waals surface area contributed by atoms with Gasteiger partial charge in [0, 0.05) is 0 Å². The summed E-state index contributed by atoms with van der Waals surface area (Å²) in [7, 11) is 0. The van der Waals surface area contributed by atoms with Gasteiger partial charge in [-0.2, -0.15) is 0 Å². The Morgan fingerprint density at radius 1 is 1.44 bits per heavy atom. The minimum absolute atomic E-state index is 0. The molecule has 1 atom stereocenters. The maximum absolute atomic E-state index is 11.9. The van der Waals surface area contributed by atoms with E-state index in [1.165, 1.54) is 0 Å². The summed E-state index contributed by atoms with van der Waals surface area (Å²) in [5.41, 5.74) is 7.07. The van der Waals surface area contributed by atoms with Crippen molar-refractivity contribution in [2.45, 2.75) is 31.9 Å². The van der Waals surface area contributed by atoms with E-state index >= 15 is 0 Å². The molecule has 3 nitrogen and oxygen atoms in total. The maximum Gasteiger partial charge on any atom is 0.237 e. The third-order valence-corrected chi connectivity index (χ3v) is 3.69. The highest BCUT2D eigenvalue weighted by Gasteiger charge is 2.13. The van der Waals surface area contributed by atoms with Crippen molar-refractivity contribution in [3.8, 4) is 0 Å². The molecule has 5 heteroatoms. The molecule has 0 saturated carbocycles. The second-order valence-electron chi connectivity index (χ2n) is 3.94. The van der Waals surface area contributed by atoms with Crippen molar-refractivity contribution < 1.29 is 4.79 Å². The van der Waals surface area contributed by atoms with Crippen molar-refractivity contribution in [1.82, 2.24) is 0 Å². The van der Waals surface area contributed by atoms with Crippen molar-refractivity contribution in [1.29, 1.82) is 0 Å². The van der Waals surface area contributed by atoms with E-state index in [-0.39, 0.29) is 23.6 Å². The number of thioether (sulfide) groups is 1. The zero-order chi connectivity index (χ0) is 12.7. The Labute approximate surface area is 119 Å². The van der Waals surface area contributed by atoms with Crippen LogP contribution in [0.2, 0.25) is 0 Å². The first-order chi connectivity index (χ1) is 8.15. The third-order valence-electron chi connectivity index (χ3n) is 2.45. The lowest BCUT2D eigenvalue weighted by molar-refractivity contribution is -0.115. The fraction of sp³-hybridized carbons (Fsp3) is 0.462. The van der Waals surface area contributed by atoms with Gasteiger partial charge in [-0.3, -0.25) is 4.79 Å². The average molecular weight is 289 g/mol. The van der Waals surface area contributed by atoms with E-state index in [0.29, 0.717) is 11.4 Å². The minimum Gasteiger partial charge on any atom is -0.397 e. The SMILES string of the molecule is CCCCSC(C)C(=O)Nc1ccccc1N.Cl. The van der Waals surface area contributed by atoms with Crippen LogP contribution in [0.5, 0.6) is 0 Å². The van der Waals surface area contributed by atoms with Gasteiger partial charge in [-0.25, -0.2) is 0 Å². The largest absolute Gasteiger partial charge is 0.397 e. The number of hydrogen-bond donors (Lipinski definition) is 2. The lowest BCUT2D eigenvalue weighted by Crippen LogP contribution is -2.23. The molecule has 3 N–H and O–H groups in total. The van der Waals surface area contributed by atoms with Crippen LogP contribution in [0.15, 0.2) is 24.3 Å².